The Morgan fingerprint density at radius 3 is 2.65 bits per heavy atom. The highest BCUT2D eigenvalue weighted by molar-refractivity contribution is 5.79. The molecule has 2 N–H and O–H groups in total. The van der Waals surface area contributed by atoms with E-state index in [0.29, 0.717) is 13.0 Å². The van der Waals surface area contributed by atoms with Crippen LogP contribution in [-0.4, -0.2) is 33.2 Å². The van der Waals surface area contributed by atoms with Gasteiger partial charge >= 0.3 is 5.97 Å². The number of carbonyl (C=O) groups is 1. The lowest BCUT2D eigenvalue weighted by Gasteiger charge is -2.24. The Labute approximate surface area is 118 Å². The van der Waals surface area contributed by atoms with Crippen LogP contribution < -0.4 is 5.32 Å². The third kappa shape index (κ3) is 2.54. The molecule has 0 aliphatic carbocycles. The molecule has 0 amide bonds. The highest BCUT2D eigenvalue weighted by Crippen LogP contribution is 2.20. The van der Waals surface area contributed by atoms with E-state index in [9.17, 15) is 9.90 Å². The predicted molar refractivity (Wildman–Crippen MR) is 78.9 cm³/mol. The van der Waals surface area contributed by atoms with Crippen molar-refractivity contribution in [2.24, 2.45) is 0 Å². The fraction of sp³-hybridized carbons (Fsp3) is 0.467. The SMILES string of the molecule is CNC(C)(CCn1cnc2cc(C)c(C)cc21)C(=O)O. The number of likely N-dealkylation sites (N-methyl/N-ethyl adjacent to an activating group) is 1. The van der Waals surface area contributed by atoms with E-state index in [1.807, 2.05) is 4.57 Å². The fourth-order valence-electron chi connectivity index (χ4n) is 2.17. The lowest BCUT2D eigenvalue weighted by Crippen LogP contribution is -2.48. The first-order chi connectivity index (χ1) is 9.37. The molecule has 20 heavy (non-hydrogen) atoms. The van der Waals surface area contributed by atoms with Gasteiger partial charge in [0.1, 0.15) is 5.54 Å². The average molecular weight is 275 g/mol. The molecule has 0 aliphatic heterocycles. The van der Waals surface area contributed by atoms with Gasteiger partial charge in [0.25, 0.3) is 0 Å². The number of hydrogen-bond acceptors (Lipinski definition) is 3. The molecule has 0 saturated heterocycles. The summed E-state index contributed by atoms with van der Waals surface area (Å²) in [5, 5.41) is 12.1. The monoisotopic (exact) mass is 275 g/mol. The molecule has 1 aromatic heterocycles. The molecule has 0 aliphatic rings. The Balaban J connectivity index is 2.27. The second-order valence-electron chi connectivity index (χ2n) is 5.50. The molecule has 0 radical (unpaired) electrons. The van der Waals surface area contributed by atoms with Gasteiger partial charge in [-0.1, -0.05) is 0 Å². The number of hydrogen-bond donors (Lipinski definition) is 2. The van der Waals surface area contributed by atoms with Crippen molar-refractivity contribution in [3.05, 3.63) is 29.6 Å². The minimum absolute atomic E-state index is 0.497. The summed E-state index contributed by atoms with van der Waals surface area (Å²) in [6.07, 6.45) is 2.28. The molecule has 1 unspecified atom stereocenters. The lowest BCUT2D eigenvalue weighted by molar-refractivity contribution is -0.144. The van der Waals surface area contributed by atoms with E-state index >= 15 is 0 Å². The molecule has 1 aromatic carbocycles. The number of aryl methyl sites for hydroxylation is 3. The van der Waals surface area contributed by atoms with Gasteiger partial charge in [-0.15, -0.1) is 0 Å². The van der Waals surface area contributed by atoms with Crippen LogP contribution in [0.5, 0.6) is 0 Å². The van der Waals surface area contributed by atoms with Crippen molar-refractivity contribution < 1.29 is 9.90 Å². The molecule has 0 spiro atoms. The summed E-state index contributed by atoms with van der Waals surface area (Å²) in [4.78, 5) is 15.7. The number of benzene rings is 1. The molecule has 0 saturated carbocycles. The molecule has 1 heterocycles. The van der Waals surface area contributed by atoms with Gasteiger partial charge in [-0.2, -0.15) is 0 Å². The molecule has 5 nitrogen and oxygen atoms in total. The minimum atomic E-state index is -0.920. The van der Waals surface area contributed by atoms with Crippen LogP contribution in [-0.2, 0) is 11.3 Å². The van der Waals surface area contributed by atoms with E-state index < -0.39 is 11.5 Å². The zero-order valence-corrected chi connectivity index (χ0v) is 12.4. The van der Waals surface area contributed by atoms with Crippen LogP contribution in [0.1, 0.15) is 24.5 Å². The first kappa shape index (κ1) is 14.5. The molecule has 0 bridgehead atoms. The molecule has 0 fully saturated rings. The number of imidazole rings is 1. The summed E-state index contributed by atoms with van der Waals surface area (Å²) in [5.74, 6) is -0.837. The largest absolute Gasteiger partial charge is 0.480 e. The number of rotatable bonds is 5. The van der Waals surface area contributed by atoms with Gasteiger partial charge in [0, 0.05) is 6.54 Å². The maximum Gasteiger partial charge on any atom is 0.323 e. The van der Waals surface area contributed by atoms with Crippen molar-refractivity contribution in [3.8, 4) is 0 Å². The molecular formula is C15H21N3O2. The van der Waals surface area contributed by atoms with Gasteiger partial charge in [0.15, 0.2) is 0 Å². The molecule has 2 rings (SSSR count). The van der Waals surface area contributed by atoms with Crippen LogP contribution in [0.25, 0.3) is 11.0 Å². The van der Waals surface area contributed by atoms with Crippen molar-refractivity contribution >= 4 is 17.0 Å². The van der Waals surface area contributed by atoms with Crippen molar-refractivity contribution in [1.29, 1.82) is 0 Å². The summed E-state index contributed by atoms with van der Waals surface area (Å²) in [7, 11) is 1.67. The lowest BCUT2D eigenvalue weighted by atomic mass is 9.98. The number of carboxylic acids is 1. The summed E-state index contributed by atoms with van der Waals surface area (Å²) in [5.41, 5.74) is 3.52. The molecule has 5 heteroatoms. The Morgan fingerprint density at radius 1 is 1.40 bits per heavy atom. The van der Waals surface area contributed by atoms with E-state index in [2.05, 4.69) is 36.3 Å². The second kappa shape index (κ2) is 5.25. The Kier molecular flexibility index (Phi) is 3.81. The predicted octanol–water partition coefficient (Wildman–Crippen LogP) is 2.11. The van der Waals surface area contributed by atoms with Crippen LogP contribution in [0.15, 0.2) is 18.5 Å². The number of aromatic nitrogens is 2. The summed E-state index contributed by atoms with van der Waals surface area (Å²) in [6.45, 7) is 6.45. The maximum absolute atomic E-state index is 11.3. The van der Waals surface area contributed by atoms with Crippen molar-refractivity contribution in [2.45, 2.75) is 39.3 Å². The van der Waals surface area contributed by atoms with E-state index in [1.54, 1.807) is 20.3 Å². The Bertz CT molecular complexity index is 648. The van der Waals surface area contributed by atoms with Gasteiger partial charge in [0.2, 0.25) is 0 Å². The van der Waals surface area contributed by atoms with E-state index in [1.165, 1.54) is 11.1 Å². The van der Waals surface area contributed by atoms with Crippen molar-refractivity contribution in [3.63, 3.8) is 0 Å². The topological polar surface area (TPSA) is 67.2 Å². The van der Waals surface area contributed by atoms with Crippen molar-refractivity contribution in [2.75, 3.05) is 7.05 Å². The van der Waals surface area contributed by atoms with Gasteiger partial charge < -0.3 is 15.0 Å². The Hall–Kier alpha value is -1.88. The number of carboxylic acid groups (broad SMARTS) is 1. The minimum Gasteiger partial charge on any atom is -0.480 e. The molecule has 1 atom stereocenters. The zero-order chi connectivity index (χ0) is 14.9. The standard InChI is InChI=1S/C15H21N3O2/c1-10-7-12-13(8-11(10)2)18(9-17-12)6-5-15(3,16-4)14(19)20/h7-9,16H,5-6H2,1-4H3,(H,19,20). The maximum atomic E-state index is 11.3. The van der Waals surface area contributed by atoms with Gasteiger partial charge in [-0.25, -0.2) is 4.98 Å². The summed E-state index contributed by atoms with van der Waals surface area (Å²) >= 11 is 0. The quantitative estimate of drug-likeness (QED) is 0.877. The molecular weight excluding hydrogens is 254 g/mol. The summed E-state index contributed by atoms with van der Waals surface area (Å²) < 4.78 is 2.01. The highest BCUT2D eigenvalue weighted by Gasteiger charge is 2.30. The summed E-state index contributed by atoms with van der Waals surface area (Å²) in [6, 6.07) is 4.17. The van der Waals surface area contributed by atoms with E-state index in [0.717, 1.165) is 11.0 Å². The second-order valence-corrected chi connectivity index (χ2v) is 5.50. The van der Waals surface area contributed by atoms with Gasteiger partial charge in [0.05, 0.1) is 17.4 Å². The first-order valence-electron chi connectivity index (χ1n) is 6.72. The smallest absolute Gasteiger partial charge is 0.323 e. The average Bonchev–Trinajstić information content (AvgIpc) is 2.78. The van der Waals surface area contributed by atoms with E-state index in [4.69, 9.17) is 0 Å². The number of nitrogens with zero attached hydrogens (tertiary/aromatic N) is 2. The zero-order valence-electron chi connectivity index (χ0n) is 12.4. The number of fused-ring (bicyclic) bond motifs is 1. The fourth-order valence-corrected chi connectivity index (χ4v) is 2.17. The molecule has 108 valence electrons. The van der Waals surface area contributed by atoms with Crippen LogP contribution in [0, 0.1) is 13.8 Å². The van der Waals surface area contributed by atoms with Crippen LogP contribution in [0.3, 0.4) is 0 Å². The van der Waals surface area contributed by atoms with Crippen molar-refractivity contribution in [1.82, 2.24) is 14.9 Å². The Morgan fingerprint density at radius 2 is 2.05 bits per heavy atom. The highest BCUT2D eigenvalue weighted by atomic mass is 16.4. The number of nitrogens with one attached hydrogen (secondary N) is 1. The third-order valence-electron chi connectivity index (χ3n) is 4.11. The normalized spacial score (nSPS) is 14.4. The van der Waals surface area contributed by atoms with Gasteiger partial charge in [-0.05, 0) is 57.5 Å². The van der Waals surface area contributed by atoms with Gasteiger partial charge in [-0.3, -0.25) is 4.79 Å². The molecule has 2 aromatic rings. The van der Waals surface area contributed by atoms with Crippen LogP contribution >= 0.6 is 0 Å². The number of aliphatic carboxylic acids is 1. The third-order valence-corrected chi connectivity index (χ3v) is 4.11. The van der Waals surface area contributed by atoms with Crippen LogP contribution in [0.4, 0.5) is 0 Å². The van der Waals surface area contributed by atoms with Crippen LogP contribution in [0.2, 0.25) is 0 Å². The van der Waals surface area contributed by atoms with E-state index in [-0.39, 0.29) is 0 Å². The first-order valence-corrected chi connectivity index (χ1v) is 6.72.